The minimum atomic E-state index is 0.607. The van der Waals surface area contributed by atoms with Crippen molar-refractivity contribution in [3.63, 3.8) is 0 Å². The van der Waals surface area contributed by atoms with Gasteiger partial charge in [-0.1, -0.05) is 76.5 Å². The summed E-state index contributed by atoms with van der Waals surface area (Å²) in [6.07, 6.45) is 6.27. The summed E-state index contributed by atoms with van der Waals surface area (Å²) < 4.78 is 0. The third-order valence-electron chi connectivity index (χ3n) is 6.22. The van der Waals surface area contributed by atoms with Crippen LogP contribution in [0.2, 0.25) is 0 Å². The molecule has 0 aromatic heterocycles. The SMILES string of the molecule is CCC(C)C(C)C1C(CC)C1c1ccc(/C=C(\C)CCC#N)cc1. The van der Waals surface area contributed by atoms with Crippen molar-refractivity contribution in [1.29, 1.82) is 5.26 Å². The molecule has 24 heavy (non-hydrogen) atoms. The van der Waals surface area contributed by atoms with Gasteiger partial charge in [0.2, 0.25) is 0 Å². The zero-order valence-corrected chi connectivity index (χ0v) is 16.0. The van der Waals surface area contributed by atoms with Gasteiger partial charge in [0.15, 0.2) is 0 Å². The number of allylic oxidation sites excluding steroid dienone is 1. The molecule has 0 amide bonds. The van der Waals surface area contributed by atoms with Crippen LogP contribution in [0.15, 0.2) is 29.8 Å². The second kappa shape index (κ2) is 8.52. The molecule has 0 spiro atoms. The zero-order chi connectivity index (χ0) is 17.7. The number of hydrogen-bond acceptors (Lipinski definition) is 1. The van der Waals surface area contributed by atoms with Gasteiger partial charge in [-0.15, -0.1) is 0 Å². The highest BCUT2D eigenvalue weighted by Gasteiger charge is 2.52. The summed E-state index contributed by atoms with van der Waals surface area (Å²) in [5, 5.41) is 8.68. The van der Waals surface area contributed by atoms with Crippen LogP contribution in [0.1, 0.15) is 77.3 Å². The van der Waals surface area contributed by atoms with E-state index in [0.717, 1.165) is 36.0 Å². The fourth-order valence-corrected chi connectivity index (χ4v) is 4.29. The molecule has 0 aliphatic heterocycles. The first-order valence-electron chi connectivity index (χ1n) is 9.67. The Balaban J connectivity index is 2.07. The van der Waals surface area contributed by atoms with E-state index in [-0.39, 0.29) is 0 Å². The Hall–Kier alpha value is -1.55. The van der Waals surface area contributed by atoms with Crippen molar-refractivity contribution >= 4 is 6.08 Å². The highest BCUT2D eigenvalue weighted by molar-refractivity contribution is 5.53. The van der Waals surface area contributed by atoms with Gasteiger partial charge in [-0.2, -0.15) is 5.26 Å². The van der Waals surface area contributed by atoms with Crippen LogP contribution in [0.5, 0.6) is 0 Å². The predicted molar refractivity (Wildman–Crippen MR) is 104 cm³/mol. The van der Waals surface area contributed by atoms with Gasteiger partial charge in [0.25, 0.3) is 0 Å². The lowest BCUT2D eigenvalue weighted by Gasteiger charge is -2.18. The van der Waals surface area contributed by atoms with Gasteiger partial charge in [0, 0.05) is 6.42 Å². The van der Waals surface area contributed by atoms with Gasteiger partial charge < -0.3 is 0 Å². The van der Waals surface area contributed by atoms with E-state index in [0.29, 0.717) is 6.42 Å². The number of rotatable bonds is 8. The summed E-state index contributed by atoms with van der Waals surface area (Å²) >= 11 is 0. The topological polar surface area (TPSA) is 23.8 Å². The molecule has 1 aliphatic rings. The monoisotopic (exact) mass is 323 g/mol. The maximum absolute atomic E-state index is 8.68. The molecule has 0 N–H and O–H groups in total. The van der Waals surface area contributed by atoms with Gasteiger partial charge in [0.1, 0.15) is 0 Å². The summed E-state index contributed by atoms with van der Waals surface area (Å²) in [7, 11) is 0. The van der Waals surface area contributed by atoms with Gasteiger partial charge in [0.05, 0.1) is 6.07 Å². The average molecular weight is 324 g/mol. The van der Waals surface area contributed by atoms with Crippen molar-refractivity contribution in [3.05, 3.63) is 41.0 Å². The highest BCUT2D eigenvalue weighted by atomic mass is 14.6. The number of nitrogens with zero attached hydrogens (tertiary/aromatic N) is 1. The molecule has 1 aliphatic carbocycles. The second-order valence-electron chi connectivity index (χ2n) is 7.74. The maximum atomic E-state index is 8.68. The molecule has 0 saturated heterocycles. The molecule has 1 saturated carbocycles. The van der Waals surface area contributed by atoms with Gasteiger partial charge in [-0.3, -0.25) is 0 Å². The van der Waals surface area contributed by atoms with Crippen LogP contribution in [0.3, 0.4) is 0 Å². The van der Waals surface area contributed by atoms with Crippen molar-refractivity contribution < 1.29 is 0 Å². The summed E-state index contributed by atoms with van der Waals surface area (Å²) in [6.45, 7) is 11.6. The van der Waals surface area contributed by atoms with E-state index in [2.05, 4.69) is 71.0 Å². The van der Waals surface area contributed by atoms with E-state index < -0.39 is 0 Å². The molecule has 0 bridgehead atoms. The lowest BCUT2D eigenvalue weighted by atomic mass is 9.87. The minimum absolute atomic E-state index is 0.607. The predicted octanol–water partition coefficient (Wildman–Crippen LogP) is 6.82. The number of nitriles is 1. The first-order chi connectivity index (χ1) is 11.5. The van der Waals surface area contributed by atoms with Crippen LogP contribution in [0, 0.1) is 35.0 Å². The molecule has 5 atom stereocenters. The molecule has 1 aromatic carbocycles. The van der Waals surface area contributed by atoms with Gasteiger partial charge >= 0.3 is 0 Å². The fourth-order valence-electron chi connectivity index (χ4n) is 4.29. The smallest absolute Gasteiger partial charge is 0.0625 e. The zero-order valence-electron chi connectivity index (χ0n) is 16.0. The Morgan fingerprint density at radius 3 is 2.42 bits per heavy atom. The molecule has 1 nitrogen and oxygen atoms in total. The number of hydrogen-bond donors (Lipinski definition) is 0. The fraction of sp³-hybridized carbons (Fsp3) is 0.609. The molecule has 5 unspecified atom stereocenters. The van der Waals surface area contributed by atoms with Crippen LogP contribution in [-0.2, 0) is 0 Å². The molecule has 0 heterocycles. The molecular weight excluding hydrogens is 290 g/mol. The normalized spacial score (nSPS) is 25.8. The Morgan fingerprint density at radius 1 is 1.21 bits per heavy atom. The Kier molecular flexibility index (Phi) is 6.67. The van der Waals surface area contributed by atoms with Crippen molar-refractivity contribution in [3.8, 4) is 6.07 Å². The molecule has 1 aromatic rings. The van der Waals surface area contributed by atoms with Crippen molar-refractivity contribution in [2.45, 2.75) is 66.2 Å². The molecular formula is C23H33N. The maximum Gasteiger partial charge on any atom is 0.0625 e. The summed E-state index contributed by atoms with van der Waals surface area (Å²) in [4.78, 5) is 0. The third kappa shape index (κ3) is 4.29. The van der Waals surface area contributed by atoms with Crippen LogP contribution in [0.25, 0.3) is 6.08 Å². The minimum Gasteiger partial charge on any atom is -0.198 e. The standard InChI is InChI=1S/C23H33N/c1-6-17(4)18(5)22-21(7-2)23(22)20-12-10-19(11-13-20)15-16(3)9-8-14-24/h10-13,15,17-18,21-23H,6-9H2,1-5H3/b16-15+. The number of benzene rings is 1. The lowest BCUT2D eigenvalue weighted by molar-refractivity contribution is 0.319. The second-order valence-corrected chi connectivity index (χ2v) is 7.74. The first kappa shape index (κ1) is 18.8. The highest BCUT2D eigenvalue weighted by Crippen LogP contribution is 2.60. The van der Waals surface area contributed by atoms with Crippen molar-refractivity contribution in [2.75, 3.05) is 0 Å². The van der Waals surface area contributed by atoms with E-state index in [1.807, 2.05) is 0 Å². The first-order valence-corrected chi connectivity index (χ1v) is 9.67. The molecule has 130 valence electrons. The quantitative estimate of drug-likeness (QED) is 0.515. The van der Waals surface area contributed by atoms with Crippen molar-refractivity contribution in [2.24, 2.45) is 23.7 Å². The largest absolute Gasteiger partial charge is 0.198 e. The Morgan fingerprint density at radius 2 is 1.88 bits per heavy atom. The average Bonchev–Trinajstić information content (AvgIpc) is 3.33. The molecule has 1 fully saturated rings. The Bertz CT molecular complexity index is 589. The molecule has 2 rings (SSSR count). The van der Waals surface area contributed by atoms with E-state index in [4.69, 9.17) is 5.26 Å². The van der Waals surface area contributed by atoms with Crippen LogP contribution >= 0.6 is 0 Å². The molecule has 0 radical (unpaired) electrons. The van der Waals surface area contributed by atoms with E-state index in [9.17, 15) is 0 Å². The Labute approximate surface area is 148 Å². The van der Waals surface area contributed by atoms with E-state index in [1.165, 1.54) is 29.5 Å². The van der Waals surface area contributed by atoms with Crippen LogP contribution in [0.4, 0.5) is 0 Å². The lowest BCUT2D eigenvalue weighted by Crippen LogP contribution is -2.10. The third-order valence-corrected chi connectivity index (χ3v) is 6.22. The molecule has 1 heteroatoms. The van der Waals surface area contributed by atoms with E-state index >= 15 is 0 Å². The van der Waals surface area contributed by atoms with Gasteiger partial charge in [-0.25, -0.2) is 0 Å². The van der Waals surface area contributed by atoms with Crippen LogP contribution < -0.4 is 0 Å². The van der Waals surface area contributed by atoms with Crippen LogP contribution in [-0.4, -0.2) is 0 Å². The summed E-state index contributed by atoms with van der Waals surface area (Å²) in [5.74, 6) is 4.13. The van der Waals surface area contributed by atoms with E-state index in [1.54, 1.807) is 0 Å². The van der Waals surface area contributed by atoms with Crippen molar-refractivity contribution in [1.82, 2.24) is 0 Å². The summed E-state index contributed by atoms with van der Waals surface area (Å²) in [5.41, 5.74) is 4.06. The van der Waals surface area contributed by atoms with Gasteiger partial charge in [-0.05, 0) is 54.1 Å². The summed E-state index contributed by atoms with van der Waals surface area (Å²) in [6, 6.07) is 11.4.